The lowest BCUT2D eigenvalue weighted by Gasteiger charge is -2.38. The van der Waals surface area contributed by atoms with Gasteiger partial charge in [0.25, 0.3) is 0 Å². The molecule has 5 nitrogen and oxygen atoms in total. The number of aliphatic hydroxyl groups is 1. The fraction of sp³-hybridized carbons (Fsp3) is 0.412. The second-order valence-electron chi connectivity index (χ2n) is 5.90. The summed E-state index contributed by atoms with van der Waals surface area (Å²) in [6.07, 6.45) is 5.06. The third kappa shape index (κ3) is 3.54. The van der Waals surface area contributed by atoms with E-state index in [2.05, 4.69) is 9.97 Å². The zero-order valence-corrected chi connectivity index (χ0v) is 12.8. The molecule has 1 atom stereocenters. The molecule has 1 aromatic heterocycles. The van der Waals surface area contributed by atoms with Crippen LogP contribution in [-0.2, 0) is 0 Å². The van der Waals surface area contributed by atoms with E-state index in [0.717, 1.165) is 25.1 Å². The van der Waals surface area contributed by atoms with Gasteiger partial charge in [-0.15, -0.1) is 0 Å². The molecule has 2 aromatic rings. The zero-order valence-electron chi connectivity index (χ0n) is 12.8. The van der Waals surface area contributed by atoms with Crippen LogP contribution in [0.4, 0.5) is 5.95 Å². The molecule has 1 aromatic carbocycles. The standard InChI is InChI=1S/C17H21N3O2/c1-14-4-6-15(7-5-14)22-13-17(21)8-2-11-20(12-17)16-18-9-3-10-19-16/h3-7,9-10,21H,2,8,11-13H2,1H3/t17-/m1/s1. The lowest BCUT2D eigenvalue weighted by molar-refractivity contribution is -0.0158. The van der Waals surface area contributed by atoms with Crippen molar-refractivity contribution in [3.8, 4) is 5.75 Å². The first-order chi connectivity index (χ1) is 10.6. The van der Waals surface area contributed by atoms with Crippen molar-refractivity contribution in [2.75, 3.05) is 24.6 Å². The number of nitrogens with zero attached hydrogens (tertiary/aromatic N) is 3. The van der Waals surface area contributed by atoms with E-state index < -0.39 is 5.60 Å². The third-order valence-electron chi connectivity index (χ3n) is 3.92. The first-order valence-electron chi connectivity index (χ1n) is 7.58. The molecule has 0 amide bonds. The predicted octanol–water partition coefficient (Wildman–Crippen LogP) is 2.20. The largest absolute Gasteiger partial charge is 0.491 e. The van der Waals surface area contributed by atoms with Crippen molar-refractivity contribution in [1.82, 2.24) is 9.97 Å². The van der Waals surface area contributed by atoms with E-state index in [1.165, 1.54) is 5.56 Å². The fourth-order valence-corrected chi connectivity index (χ4v) is 2.71. The highest BCUT2D eigenvalue weighted by molar-refractivity contribution is 5.31. The summed E-state index contributed by atoms with van der Waals surface area (Å²) in [6.45, 7) is 3.66. The number of piperidine rings is 1. The van der Waals surface area contributed by atoms with Gasteiger partial charge in [0.1, 0.15) is 18.0 Å². The van der Waals surface area contributed by atoms with Crippen molar-refractivity contribution in [2.24, 2.45) is 0 Å². The summed E-state index contributed by atoms with van der Waals surface area (Å²) in [5, 5.41) is 10.8. The molecular weight excluding hydrogens is 278 g/mol. The highest BCUT2D eigenvalue weighted by Crippen LogP contribution is 2.25. The molecule has 0 unspecified atom stereocenters. The average Bonchev–Trinajstić information content (AvgIpc) is 2.55. The van der Waals surface area contributed by atoms with Crippen LogP contribution in [-0.4, -0.2) is 40.4 Å². The van der Waals surface area contributed by atoms with Gasteiger partial charge in [0.15, 0.2) is 0 Å². The lowest BCUT2D eigenvalue weighted by atomic mass is 9.94. The van der Waals surface area contributed by atoms with Crippen molar-refractivity contribution in [3.63, 3.8) is 0 Å². The second-order valence-corrected chi connectivity index (χ2v) is 5.90. The number of anilines is 1. The molecule has 3 rings (SSSR count). The fourth-order valence-electron chi connectivity index (χ4n) is 2.71. The van der Waals surface area contributed by atoms with Crippen LogP contribution in [0.3, 0.4) is 0 Å². The minimum atomic E-state index is -0.873. The van der Waals surface area contributed by atoms with Crippen molar-refractivity contribution in [2.45, 2.75) is 25.4 Å². The van der Waals surface area contributed by atoms with Crippen LogP contribution in [0.5, 0.6) is 5.75 Å². The van der Waals surface area contributed by atoms with Gasteiger partial charge in [0, 0.05) is 18.9 Å². The van der Waals surface area contributed by atoms with Crippen LogP contribution < -0.4 is 9.64 Å². The summed E-state index contributed by atoms with van der Waals surface area (Å²) in [5.74, 6) is 1.45. The Morgan fingerprint density at radius 1 is 1.23 bits per heavy atom. The Hall–Kier alpha value is -2.14. The Kier molecular flexibility index (Phi) is 4.24. The van der Waals surface area contributed by atoms with Crippen LogP contribution in [0.1, 0.15) is 18.4 Å². The summed E-state index contributed by atoms with van der Waals surface area (Å²) in [5.41, 5.74) is 0.318. The number of hydrogen-bond acceptors (Lipinski definition) is 5. The van der Waals surface area contributed by atoms with Gasteiger partial charge in [0.05, 0.1) is 6.54 Å². The molecule has 1 N–H and O–H groups in total. The van der Waals surface area contributed by atoms with Gasteiger partial charge >= 0.3 is 0 Å². The molecule has 1 fully saturated rings. The van der Waals surface area contributed by atoms with Gasteiger partial charge in [0.2, 0.25) is 5.95 Å². The number of aromatic nitrogens is 2. The van der Waals surface area contributed by atoms with Crippen LogP contribution in [0, 0.1) is 6.92 Å². The molecule has 0 saturated carbocycles. The predicted molar refractivity (Wildman–Crippen MR) is 85.1 cm³/mol. The number of rotatable bonds is 4. The Bertz CT molecular complexity index is 603. The minimum absolute atomic E-state index is 0.277. The SMILES string of the molecule is Cc1ccc(OC[C@@]2(O)CCCN(c3ncccn3)C2)cc1. The highest BCUT2D eigenvalue weighted by atomic mass is 16.5. The molecule has 5 heteroatoms. The summed E-state index contributed by atoms with van der Waals surface area (Å²) < 4.78 is 5.77. The molecule has 0 spiro atoms. The molecule has 1 saturated heterocycles. The monoisotopic (exact) mass is 299 g/mol. The first kappa shape index (κ1) is 14.8. The van der Waals surface area contributed by atoms with Gasteiger partial charge in [-0.2, -0.15) is 0 Å². The Balaban J connectivity index is 1.63. The zero-order chi connectivity index (χ0) is 15.4. The first-order valence-corrected chi connectivity index (χ1v) is 7.58. The van der Waals surface area contributed by atoms with Gasteiger partial charge in [-0.05, 0) is 38.0 Å². The van der Waals surface area contributed by atoms with E-state index in [1.807, 2.05) is 36.1 Å². The third-order valence-corrected chi connectivity index (χ3v) is 3.92. The van der Waals surface area contributed by atoms with Gasteiger partial charge < -0.3 is 14.7 Å². The number of β-amino-alcohol motifs (C(OH)–C–C–N with tert-alkyl or cyclic N) is 1. The average molecular weight is 299 g/mol. The Labute approximate surface area is 130 Å². The second kappa shape index (κ2) is 6.32. The summed E-state index contributed by atoms with van der Waals surface area (Å²) >= 11 is 0. The summed E-state index contributed by atoms with van der Waals surface area (Å²) in [6, 6.07) is 9.66. The van der Waals surface area contributed by atoms with Crippen LogP contribution in [0.25, 0.3) is 0 Å². The summed E-state index contributed by atoms with van der Waals surface area (Å²) in [7, 11) is 0. The number of aryl methyl sites for hydroxylation is 1. The quantitative estimate of drug-likeness (QED) is 0.938. The van der Waals surface area contributed by atoms with E-state index in [-0.39, 0.29) is 6.61 Å². The van der Waals surface area contributed by atoms with Crippen molar-refractivity contribution in [3.05, 3.63) is 48.3 Å². The molecule has 0 bridgehead atoms. The molecule has 22 heavy (non-hydrogen) atoms. The maximum atomic E-state index is 10.8. The van der Waals surface area contributed by atoms with Gasteiger partial charge in [-0.1, -0.05) is 17.7 Å². The Morgan fingerprint density at radius 2 is 1.95 bits per heavy atom. The molecule has 0 radical (unpaired) electrons. The maximum absolute atomic E-state index is 10.8. The van der Waals surface area contributed by atoms with E-state index in [4.69, 9.17) is 4.74 Å². The Morgan fingerprint density at radius 3 is 2.68 bits per heavy atom. The highest BCUT2D eigenvalue weighted by Gasteiger charge is 2.35. The van der Waals surface area contributed by atoms with E-state index in [1.54, 1.807) is 18.5 Å². The van der Waals surface area contributed by atoms with Gasteiger partial charge in [-0.25, -0.2) is 9.97 Å². The molecule has 1 aliphatic heterocycles. The van der Waals surface area contributed by atoms with Crippen LogP contribution in [0.2, 0.25) is 0 Å². The van der Waals surface area contributed by atoms with Crippen molar-refractivity contribution >= 4 is 5.95 Å². The maximum Gasteiger partial charge on any atom is 0.225 e. The molecular formula is C17H21N3O2. The topological polar surface area (TPSA) is 58.5 Å². The molecule has 1 aliphatic rings. The van der Waals surface area contributed by atoms with Crippen molar-refractivity contribution < 1.29 is 9.84 Å². The van der Waals surface area contributed by atoms with E-state index in [0.29, 0.717) is 12.5 Å². The van der Waals surface area contributed by atoms with Crippen molar-refractivity contribution in [1.29, 1.82) is 0 Å². The molecule has 2 heterocycles. The minimum Gasteiger partial charge on any atom is -0.491 e. The number of benzene rings is 1. The van der Waals surface area contributed by atoms with E-state index >= 15 is 0 Å². The number of ether oxygens (including phenoxy) is 1. The normalized spacial score (nSPS) is 21.6. The molecule has 0 aliphatic carbocycles. The summed E-state index contributed by atoms with van der Waals surface area (Å²) in [4.78, 5) is 10.5. The van der Waals surface area contributed by atoms with Crippen LogP contribution >= 0.6 is 0 Å². The smallest absolute Gasteiger partial charge is 0.225 e. The lowest BCUT2D eigenvalue weighted by Crippen LogP contribution is -2.52. The van der Waals surface area contributed by atoms with Crippen LogP contribution in [0.15, 0.2) is 42.7 Å². The van der Waals surface area contributed by atoms with Gasteiger partial charge in [-0.3, -0.25) is 0 Å². The molecule has 116 valence electrons. The number of hydrogen-bond donors (Lipinski definition) is 1. The van der Waals surface area contributed by atoms with E-state index in [9.17, 15) is 5.11 Å².